The molecule has 164 valence electrons. The van der Waals surface area contributed by atoms with Crippen LogP contribution >= 0.6 is 0 Å². The Labute approximate surface area is 184 Å². The van der Waals surface area contributed by atoms with Crippen molar-refractivity contribution in [3.63, 3.8) is 0 Å². The van der Waals surface area contributed by atoms with Crippen molar-refractivity contribution in [2.24, 2.45) is 0 Å². The Kier molecular flexibility index (Phi) is 8.70. The highest BCUT2D eigenvalue weighted by Crippen LogP contribution is 2.30. The van der Waals surface area contributed by atoms with Crippen LogP contribution in [0.25, 0.3) is 22.3 Å². The topological polar surface area (TPSA) is 71.2 Å². The van der Waals surface area contributed by atoms with Crippen LogP contribution in [0, 0.1) is 12.7 Å². The van der Waals surface area contributed by atoms with Gasteiger partial charge in [0.2, 0.25) is 0 Å². The van der Waals surface area contributed by atoms with Crippen LogP contribution in [0.5, 0.6) is 0 Å². The summed E-state index contributed by atoms with van der Waals surface area (Å²) in [6.07, 6.45) is 1.66. The molecular weight excluding hydrogens is 391 g/mol. The maximum atomic E-state index is 14.0. The molecule has 0 aliphatic carbocycles. The number of aryl methyl sites for hydroxylation is 1. The van der Waals surface area contributed by atoms with Crippen LogP contribution in [0.3, 0.4) is 0 Å². The Morgan fingerprint density at radius 2 is 1.81 bits per heavy atom. The summed E-state index contributed by atoms with van der Waals surface area (Å²) in [5.41, 5.74) is 10.1. The summed E-state index contributed by atoms with van der Waals surface area (Å²) in [5.74, 6) is -0.0868. The van der Waals surface area contributed by atoms with E-state index in [-0.39, 0.29) is 11.7 Å². The molecular formula is C25H31FN4O. The van der Waals surface area contributed by atoms with Crippen molar-refractivity contribution in [1.29, 1.82) is 0 Å². The number of nitrogens with two attached hydrogens (primary N) is 1. The molecule has 2 aromatic carbocycles. The number of nitrogen functional groups attached to an aromatic ring is 1. The van der Waals surface area contributed by atoms with Gasteiger partial charge in [-0.25, -0.2) is 9.37 Å². The van der Waals surface area contributed by atoms with Crippen molar-refractivity contribution >= 4 is 11.7 Å². The number of benzene rings is 2. The van der Waals surface area contributed by atoms with Crippen molar-refractivity contribution < 1.29 is 9.18 Å². The van der Waals surface area contributed by atoms with Crippen molar-refractivity contribution in [3.05, 3.63) is 71.7 Å². The van der Waals surface area contributed by atoms with Crippen molar-refractivity contribution in [1.82, 2.24) is 15.2 Å². The molecule has 3 N–H and O–H groups in total. The van der Waals surface area contributed by atoms with Gasteiger partial charge in [0, 0.05) is 36.0 Å². The highest BCUT2D eigenvalue weighted by atomic mass is 19.1. The quantitative estimate of drug-likeness (QED) is 0.601. The van der Waals surface area contributed by atoms with Gasteiger partial charge < -0.3 is 16.0 Å². The molecule has 0 bridgehead atoms. The van der Waals surface area contributed by atoms with Gasteiger partial charge in [-0.3, -0.25) is 4.79 Å². The van der Waals surface area contributed by atoms with E-state index in [0.29, 0.717) is 34.6 Å². The van der Waals surface area contributed by atoms with E-state index in [9.17, 15) is 9.18 Å². The summed E-state index contributed by atoms with van der Waals surface area (Å²) in [6.45, 7) is 7.05. The van der Waals surface area contributed by atoms with Gasteiger partial charge in [0.15, 0.2) is 0 Å². The van der Waals surface area contributed by atoms with Crippen LogP contribution in [0.1, 0.15) is 29.8 Å². The molecule has 1 aromatic heterocycles. The molecule has 0 radical (unpaired) electrons. The number of nitrogens with one attached hydrogen (secondary N) is 1. The fourth-order valence-electron chi connectivity index (χ4n) is 2.96. The van der Waals surface area contributed by atoms with E-state index in [4.69, 9.17) is 5.73 Å². The second-order valence-corrected chi connectivity index (χ2v) is 7.26. The van der Waals surface area contributed by atoms with Crippen LogP contribution < -0.4 is 11.1 Å². The molecule has 0 saturated heterocycles. The number of amides is 1. The maximum Gasteiger partial charge on any atom is 0.251 e. The number of carbonyl (C=O) groups is 1. The van der Waals surface area contributed by atoms with Gasteiger partial charge in [-0.15, -0.1) is 0 Å². The summed E-state index contributed by atoms with van der Waals surface area (Å²) < 4.78 is 14.0. The number of nitrogens with zero attached hydrogens (tertiary/aromatic N) is 2. The van der Waals surface area contributed by atoms with Gasteiger partial charge in [-0.05, 0) is 62.0 Å². The first-order valence-electron chi connectivity index (χ1n) is 10.4. The molecule has 1 amide bonds. The normalized spacial score (nSPS) is 10.4. The highest BCUT2D eigenvalue weighted by molar-refractivity contribution is 5.95. The largest absolute Gasteiger partial charge is 0.383 e. The molecule has 0 atom stereocenters. The lowest BCUT2D eigenvalue weighted by molar-refractivity contribution is 0.0951. The predicted molar refractivity (Wildman–Crippen MR) is 126 cm³/mol. The molecule has 6 heteroatoms. The Bertz CT molecular complexity index is 1030. The van der Waals surface area contributed by atoms with E-state index in [1.807, 2.05) is 63.2 Å². The standard InChI is InChI=1S/C23H25FN4O.C2H6/c1-15-7-8-17(13-21(15)24)20-12-19(14-27-22(20)25)16-5-4-6-18(11-16)23(29)26-9-10-28(2)3;1-2/h4-8,11-14H,9-10H2,1-3H3,(H2,25,27)(H,26,29);1-2H3. The minimum atomic E-state index is -0.288. The molecule has 5 nitrogen and oxygen atoms in total. The van der Waals surface area contributed by atoms with Crippen LogP contribution in [0.2, 0.25) is 0 Å². The third kappa shape index (κ3) is 6.36. The first-order chi connectivity index (χ1) is 14.8. The van der Waals surface area contributed by atoms with E-state index < -0.39 is 0 Å². The van der Waals surface area contributed by atoms with E-state index in [1.54, 1.807) is 25.3 Å². The Morgan fingerprint density at radius 1 is 1.06 bits per heavy atom. The molecule has 1 heterocycles. The smallest absolute Gasteiger partial charge is 0.251 e. The number of pyridine rings is 1. The lowest BCUT2D eigenvalue weighted by Crippen LogP contribution is -2.31. The number of halogens is 1. The molecule has 0 fully saturated rings. The van der Waals surface area contributed by atoms with Crippen molar-refractivity contribution in [2.75, 3.05) is 32.9 Å². The summed E-state index contributed by atoms with van der Waals surface area (Å²) in [5, 5.41) is 2.91. The Morgan fingerprint density at radius 3 is 2.48 bits per heavy atom. The number of hydrogen-bond acceptors (Lipinski definition) is 4. The monoisotopic (exact) mass is 422 g/mol. The average molecular weight is 423 g/mol. The van der Waals surface area contributed by atoms with Crippen LogP contribution in [-0.4, -0.2) is 43.0 Å². The number of anilines is 1. The van der Waals surface area contributed by atoms with E-state index in [1.165, 1.54) is 6.07 Å². The lowest BCUT2D eigenvalue weighted by Gasteiger charge is -2.12. The van der Waals surface area contributed by atoms with Crippen LogP contribution in [0.15, 0.2) is 54.7 Å². The minimum absolute atomic E-state index is 0.127. The second-order valence-electron chi connectivity index (χ2n) is 7.26. The lowest BCUT2D eigenvalue weighted by atomic mass is 9.99. The van der Waals surface area contributed by atoms with Gasteiger partial charge >= 0.3 is 0 Å². The fourth-order valence-corrected chi connectivity index (χ4v) is 2.96. The summed E-state index contributed by atoms with van der Waals surface area (Å²) in [6, 6.07) is 14.2. The van der Waals surface area contributed by atoms with Gasteiger partial charge in [-0.2, -0.15) is 0 Å². The second kappa shape index (κ2) is 11.2. The van der Waals surface area contributed by atoms with Gasteiger partial charge in [0.05, 0.1) is 0 Å². The highest BCUT2D eigenvalue weighted by Gasteiger charge is 2.11. The molecule has 31 heavy (non-hydrogen) atoms. The molecule has 0 aliphatic heterocycles. The first-order valence-corrected chi connectivity index (χ1v) is 10.4. The minimum Gasteiger partial charge on any atom is -0.383 e. The van der Waals surface area contributed by atoms with Crippen molar-refractivity contribution in [2.45, 2.75) is 20.8 Å². The number of hydrogen-bond donors (Lipinski definition) is 2. The van der Waals surface area contributed by atoms with Crippen LogP contribution in [-0.2, 0) is 0 Å². The van der Waals surface area contributed by atoms with E-state index in [0.717, 1.165) is 17.7 Å². The van der Waals surface area contributed by atoms with Gasteiger partial charge in [-0.1, -0.05) is 38.1 Å². The summed E-state index contributed by atoms with van der Waals surface area (Å²) in [4.78, 5) is 18.7. The molecule has 0 aliphatic rings. The molecule has 0 saturated carbocycles. The summed E-state index contributed by atoms with van der Waals surface area (Å²) in [7, 11) is 3.91. The number of aromatic nitrogens is 1. The zero-order chi connectivity index (χ0) is 23.0. The SMILES string of the molecule is CC.Cc1ccc(-c2cc(-c3cccc(C(=O)NCCN(C)C)c3)cnc2N)cc1F. The van der Waals surface area contributed by atoms with E-state index in [2.05, 4.69) is 10.3 Å². The average Bonchev–Trinajstić information content (AvgIpc) is 2.77. The molecule has 3 aromatic rings. The number of carbonyl (C=O) groups excluding carboxylic acids is 1. The Balaban J connectivity index is 0.00000166. The fraction of sp³-hybridized carbons (Fsp3) is 0.280. The molecule has 3 rings (SSSR count). The maximum absolute atomic E-state index is 14.0. The zero-order valence-corrected chi connectivity index (χ0v) is 18.9. The first kappa shape index (κ1) is 24.0. The van der Waals surface area contributed by atoms with Gasteiger partial charge in [0.25, 0.3) is 5.91 Å². The summed E-state index contributed by atoms with van der Waals surface area (Å²) >= 11 is 0. The van der Waals surface area contributed by atoms with E-state index >= 15 is 0 Å². The van der Waals surface area contributed by atoms with Crippen molar-refractivity contribution in [3.8, 4) is 22.3 Å². The third-order valence-corrected chi connectivity index (χ3v) is 4.70. The zero-order valence-electron chi connectivity index (χ0n) is 18.9. The van der Waals surface area contributed by atoms with Crippen LogP contribution in [0.4, 0.5) is 10.2 Å². The Hall–Kier alpha value is -3.25. The number of likely N-dealkylation sites (N-methyl/N-ethyl adjacent to an activating group) is 1. The molecule has 0 unspecified atom stereocenters. The van der Waals surface area contributed by atoms with Gasteiger partial charge in [0.1, 0.15) is 11.6 Å². The third-order valence-electron chi connectivity index (χ3n) is 4.70. The predicted octanol–water partition coefficient (Wildman–Crippen LogP) is 4.76. The number of rotatable bonds is 6. The molecule has 0 spiro atoms.